The third kappa shape index (κ3) is 3.96. The molecule has 0 atom stereocenters. The number of rotatable bonds is 3. The number of nitrogens with one attached hydrogen (secondary N) is 1. The minimum Gasteiger partial charge on any atom is -0.484 e. The highest BCUT2D eigenvalue weighted by atomic mass is 16.5. The van der Waals surface area contributed by atoms with E-state index in [0.29, 0.717) is 0 Å². The number of ether oxygens (including phenoxy) is 1. The van der Waals surface area contributed by atoms with Crippen LogP contribution < -0.4 is 10.1 Å². The Morgan fingerprint density at radius 1 is 1.37 bits per heavy atom. The van der Waals surface area contributed by atoms with E-state index < -0.39 is 0 Å². The van der Waals surface area contributed by atoms with Gasteiger partial charge >= 0.3 is 0 Å². The van der Waals surface area contributed by atoms with Gasteiger partial charge in [-0.05, 0) is 32.9 Å². The van der Waals surface area contributed by atoms with Gasteiger partial charge in [0.15, 0.2) is 6.61 Å². The summed E-state index contributed by atoms with van der Waals surface area (Å²) in [5.74, 6) is 0.795. The third-order valence-electron chi connectivity index (χ3n) is 3.31. The predicted octanol–water partition coefficient (Wildman–Crippen LogP) is 1.58. The summed E-state index contributed by atoms with van der Waals surface area (Å²) in [6.07, 6.45) is 0. The Balaban J connectivity index is 1.85. The van der Waals surface area contributed by atoms with E-state index in [4.69, 9.17) is 4.74 Å². The summed E-state index contributed by atoms with van der Waals surface area (Å²) < 4.78 is 5.53. The molecule has 1 heterocycles. The summed E-state index contributed by atoms with van der Waals surface area (Å²) >= 11 is 0. The van der Waals surface area contributed by atoms with Gasteiger partial charge in [-0.1, -0.05) is 17.7 Å². The second-order valence-corrected chi connectivity index (χ2v) is 5.73. The number of nitrogens with zero attached hydrogens (tertiary/aromatic N) is 1. The largest absolute Gasteiger partial charge is 0.484 e. The molecule has 0 spiro atoms. The van der Waals surface area contributed by atoms with Gasteiger partial charge in [-0.3, -0.25) is 4.79 Å². The number of amides is 1. The maximum Gasteiger partial charge on any atom is 0.260 e. The molecule has 2 rings (SSSR count). The number of hydrogen-bond donors (Lipinski definition) is 1. The SMILES string of the molecule is Cc1ccc(OCC(=O)N2CCNC(C)(C)C2)cc1. The molecule has 0 unspecified atom stereocenters. The Kier molecular flexibility index (Phi) is 4.10. The van der Waals surface area contributed by atoms with Crippen molar-refractivity contribution in [2.75, 3.05) is 26.2 Å². The molecule has 0 aromatic heterocycles. The van der Waals surface area contributed by atoms with E-state index in [-0.39, 0.29) is 18.1 Å². The molecule has 1 aromatic carbocycles. The normalized spacial score (nSPS) is 18.2. The zero-order chi connectivity index (χ0) is 13.9. The van der Waals surface area contributed by atoms with Crippen LogP contribution in [0.5, 0.6) is 5.75 Å². The van der Waals surface area contributed by atoms with E-state index in [0.717, 1.165) is 25.4 Å². The fraction of sp³-hybridized carbons (Fsp3) is 0.533. The quantitative estimate of drug-likeness (QED) is 0.899. The summed E-state index contributed by atoms with van der Waals surface area (Å²) in [4.78, 5) is 14.0. The lowest BCUT2D eigenvalue weighted by atomic mass is 10.0. The molecule has 0 bridgehead atoms. The lowest BCUT2D eigenvalue weighted by molar-refractivity contribution is -0.135. The van der Waals surface area contributed by atoms with Crippen LogP contribution in [0.2, 0.25) is 0 Å². The topological polar surface area (TPSA) is 41.6 Å². The van der Waals surface area contributed by atoms with E-state index in [9.17, 15) is 4.79 Å². The van der Waals surface area contributed by atoms with Crippen LogP contribution in [-0.4, -0.2) is 42.6 Å². The molecule has 1 N–H and O–H groups in total. The van der Waals surface area contributed by atoms with Gasteiger partial charge in [0.05, 0.1) is 0 Å². The van der Waals surface area contributed by atoms with Gasteiger partial charge in [-0.2, -0.15) is 0 Å². The first-order valence-corrected chi connectivity index (χ1v) is 6.69. The van der Waals surface area contributed by atoms with E-state index in [2.05, 4.69) is 19.2 Å². The zero-order valence-corrected chi connectivity index (χ0v) is 11.9. The molecular formula is C15H22N2O2. The van der Waals surface area contributed by atoms with E-state index in [1.807, 2.05) is 36.1 Å². The van der Waals surface area contributed by atoms with Crippen molar-refractivity contribution < 1.29 is 9.53 Å². The fourth-order valence-corrected chi connectivity index (χ4v) is 2.23. The van der Waals surface area contributed by atoms with Crippen molar-refractivity contribution >= 4 is 5.91 Å². The monoisotopic (exact) mass is 262 g/mol. The van der Waals surface area contributed by atoms with Crippen molar-refractivity contribution in [2.24, 2.45) is 0 Å². The summed E-state index contributed by atoms with van der Waals surface area (Å²) in [5.41, 5.74) is 1.17. The number of aryl methyl sites for hydroxylation is 1. The molecule has 0 radical (unpaired) electrons. The zero-order valence-electron chi connectivity index (χ0n) is 11.9. The number of benzene rings is 1. The highest BCUT2D eigenvalue weighted by Gasteiger charge is 2.28. The molecule has 4 nitrogen and oxygen atoms in total. The van der Waals surface area contributed by atoms with E-state index in [1.165, 1.54) is 5.56 Å². The van der Waals surface area contributed by atoms with Crippen LogP contribution in [0, 0.1) is 6.92 Å². The number of piperazine rings is 1. The second-order valence-electron chi connectivity index (χ2n) is 5.73. The van der Waals surface area contributed by atoms with E-state index in [1.54, 1.807) is 0 Å². The minimum absolute atomic E-state index is 0.0161. The van der Waals surface area contributed by atoms with Crippen molar-refractivity contribution in [1.29, 1.82) is 0 Å². The van der Waals surface area contributed by atoms with Crippen LogP contribution in [0.4, 0.5) is 0 Å². The fourth-order valence-electron chi connectivity index (χ4n) is 2.23. The maximum absolute atomic E-state index is 12.1. The molecule has 0 saturated carbocycles. The third-order valence-corrected chi connectivity index (χ3v) is 3.31. The molecule has 19 heavy (non-hydrogen) atoms. The highest BCUT2D eigenvalue weighted by Crippen LogP contribution is 2.13. The average Bonchev–Trinajstić information content (AvgIpc) is 2.36. The Morgan fingerprint density at radius 2 is 2.05 bits per heavy atom. The van der Waals surface area contributed by atoms with Crippen LogP contribution >= 0.6 is 0 Å². The molecule has 1 aromatic rings. The van der Waals surface area contributed by atoms with Crippen molar-refractivity contribution in [1.82, 2.24) is 10.2 Å². The van der Waals surface area contributed by atoms with Crippen molar-refractivity contribution in [3.8, 4) is 5.75 Å². The van der Waals surface area contributed by atoms with Gasteiger partial charge in [-0.25, -0.2) is 0 Å². The first kappa shape index (κ1) is 13.9. The molecular weight excluding hydrogens is 240 g/mol. The van der Waals surface area contributed by atoms with Gasteiger partial charge in [0.2, 0.25) is 0 Å². The second kappa shape index (κ2) is 5.61. The Bertz CT molecular complexity index is 440. The molecule has 1 fully saturated rings. The Hall–Kier alpha value is -1.55. The first-order chi connectivity index (χ1) is 8.96. The summed E-state index contributed by atoms with van der Waals surface area (Å²) in [6, 6.07) is 7.75. The molecule has 4 heteroatoms. The number of hydrogen-bond acceptors (Lipinski definition) is 3. The van der Waals surface area contributed by atoms with Crippen molar-refractivity contribution in [3.63, 3.8) is 0 Å². The van der Waals surface area contributed by atoms with Crippen molar-refractivity contribution in [2.45, 2.75) is 26.3 Å². The smallest absolute Gasteiger partial charge is 0.260 e. The van der Waals surface area contributed by atoms with Gasteiger partial charge in [0, 0.05) is 25.2 Å². The van der Waals surface area contributed by atoms with Crippen molar-refractivity contribution in [3.05, 3.63) is 29.8 Å². The van der Waals surface area contributed by atoms with E-state index >= 15 is 0 Å². The van der Waals surface area contributed by atoms with Gasteiger partial charge in [0.1, 0.15) is 5.75 Å². The highest BCUT2D eigenvalue weighted by molar-refractivity contribution is 5.78. The predicted molar refractivity (Wildman–Crippen MR) is 75.3 cm³/mol. The Labute approximate surface area is 114 Å². The Morgan fingerprint density at radius 3 is 2.68 bits per heavy atom. The summed E-state index contributed by atoms with van der Waals surface area (Å²) in [6.45, 7) is 8.66. The minimum atomic E-state index is -0.0161. The lowest BCUT2D eigenvalue weighted by Crippen LogP contribution is -2.59. The lowest BCUT2D eigenvalue weighted by Gasteiger charge is -2.39. The molecule has 1 amide bonds. The molecule has 1 aliphatic rings. The standard InChI is InChI=1S/C15H22N2O2/c1-12-4-6-13(7-5-12)19-10-14(18)17-9-8-16-15(2,3)11-17/h4-7,16H,8-11H2,1-3H3. The van der Waals surface area contributed by atoms with Gasteiger partial charge in [0.25, 0.3) is 5.91 Å². The van der Waals surface area contributed by atoms with Crippen LogP contribution in [0.1, 0.15) is 19.4 Å². The molecule has 1 saturated heterocycles. The average molecular weight is 262 g/mol. The van der Waals surface area contributed by atoms with Crippen LogP contribution in [-0.2, 0) is 4.79 Å². The molecule has 1 aliphatic heterocycles. The summed E-state index contributed by atoms with van der Waals surface area (Å²) in [5, 5.41) is 3.39. The van der Waals surface area contributed by atoms with Crippen LogP contribution in [0.25, 0.3) is 0 Å². The first-order valence-electron chi connectivity index (χ1n) is 6.69. The molecule has 104 valence electrons. The van der Waals surface area contributed by atoms with Gasteiger partial charge in [-0.15, -0.1) is 0 Å². The summed E-state index contributed by atoms with van der Waals surface area (Å²) in [7, 11) is 0. The maximum atomic E-state index is 12.1. The molecule has 0 aliphatic carbocycles. The number of carbonyl (C=O) groups excluding carboxylic acids is 1. The van der Waals surface area contributed by atoms with Gasteiger partial charge < -0.3 is 15.0 Å². The van der Waals surface area contributed by atoms with Crippen LogP contribution in [0.15, 0.2) is 24.3 Å². The van der Waals surface area contributed by atoms with Crippen LogP contribution in [0.3, 0.4) is 0 Å². The number of carbonyl (C=O) groups is 1.